The van der Waals surface area contributed by atoms with Crippen LogP contribution < -0.4 is 5.56 Å². The number of aromatic nitrogens is 1. The van der Waals surface area contributed by atoms with Crippen molar-refractivity contribution < 1.29 is 0 Å². The maximum Gasteiger partial charge on any atom is 0.260 e. The Kier molecular flexibility index (Phi) is 3.64. The lowest BCUT2D eigenvalue weighted by atomic mass is 10.1. The molecule has 0 amide bonds. The fourth-order valence-corrected chi connectivity index (χ4v) is 6.35. The lowest BCUT2D eigenvalue weighted by Crippen LogP contribution is -2.26. The standard InChI is InChI=1S/C21H18N2OS2/c1-22(2)11-12-23-15-9-5-3-7-13(15)19-18(20(23)24)17-14-8-4-6-10-16(14)25-21(17)26-19/h3-10H,11-12H2,1-2H3. The summed E-state index contributed by atoms with van der Waals surface area (Å²) in [6.45, 7) is 1.54. The molecule has 0 radical (unpaired) electrons. The molecule has 5 rings (SSSR count). The van der Waals surface area contributed by atoms with Crippen LogP contribution in [0.1, 0.15) is 0 Å². The molecule has 3 nitrogen and oxygen atoms in total. The van der Waals surface area contributed by atoms with E-state index in [1.54, 1.807) is 22.7 Å². The fourth-order valence-electron chi connectivity index (χ4n) is 3.65. The van der Waals surface area contributed by atoms with Crippen molar-refractivity contribution in [2.24, 2.45) is 0 Å². The second kappa shape index (κ2) is 5.91. The molecule has 0 spiro atoms. The van der Waals surface area contributed by atoms with E-state index in [1.807, 2.05) is 24.7 Å². The van der Waals surface area contributed by atoms with Crippen molar-refractivity contribution in [2.75, 3.05) is 20.6 Å². The Morgan fingerprint density at radius 1 is 0.923 bits per heavy atom. The van der Waals surface area contributed by atoms with E-state index in [1.165, 1.54) is 19.5 Å². The number of likely N-dealkylation sites (N-methyl/N-ethyl adjacent to an activating group) is 1. The zero-order valence-electron chi connectivity index (χ0n) is 14.7. The largest absolute Gasteiger partial charge is 0.308 e. The number of hydrogen-bond donors (Lipinski definition) is 0. The summed E-state index contributed by atoms with van der Waals surface area (Å²) in [5.41, 5.74) is 1.17. The molecule has 0 aliphatic rings. The van der Waals surface area contributed by atoms with E-state index >= 15 is 0 Å². The molecule has 26 heavy (non-hydrogen) atoms. The van der Waals surface area contributed by atoms with Gasteiger partial charge in [-0.05, 0) is 26.2 Å². The highest BCUT2D eigenvalue weighted by Gasteiger charge is 2.19. The predicted octanol–water partition coefficient (Wildman–Crippen LogP) is 5.15. The first-order valence-corrected chi connectivity index (χ1v) is 10.3. The van der Waals surface area contributed by atoms with E-state index < -0.39 is 0 Å². The van der Waals surface area contributed by atoms with Gasteiger partial charge in [-0.1, -0.05) is 36.4 Å². The predicted molar refractivity (Wildman–Crippen MR) is 115 cm³/mol. The Hall–Kier alpha value is -2.21. The summed E-state index contributed by atoms with van der Waals surface area (Å²) in [7, 11) is 4.09. The van der Waals surface area contributed by atoms with Gasteiger partial charge < -0.3 is 9.47 Å². The van der Waals surface area contributed by atoms with Gasteiger partial charge in [-0.2, -0.15) is 0 Å². The van der Waals surface area contributed by atoms with Gasteiger partial charge in [0.25, 0.3) is 5.56 Å². The van der Waals surface area contributed by atoms with Crippen molar-refractivity contribution in [2.45, 2.75) is 6.54 Å². The van der Waals surface area contributed by atoms with Crippen LogP contribution in [0.25, 0.3) is 40.5 Å². The van der Waals surface area contributed by atoms with Gasteiger partial charge >= 0.3 is 0 Å². The molecule has 0 aliphatic heterocycles. The number of thiophene rings is 2. The minimum absolute atomic E-state index is 0.135. The van der Waals surface area contributed by atoms with Gasteiger partial charge in [0.1, 0.15) is 0 Å². The van der Waals surface area contributed by atoms with Crippen molar-refractivity contribution >= 4 is 63.1 Å². The number of fused-ring (bicyclic) bond motifs is 7. The number of hydrogen-bond acceptors (Lipinski definition) is 4. The Balaban J connectivity index is 1.97. The molecule has 5 aromatic rings. The Bertz CT molecular complexity index is 1340. The first-order chi connectivity index (χ1) is 12.6. The SMILES string of the molecule is CN(C)CCn1c(=O)c2c(sc3sc4ccccc4c32)c2ccccc21. The third kappa shape index (κ3) is 2.24. The highest BCUT2D eigenvalue weighted by Crippen LogP contribution is 2.44. The number of nitrogens with zero attached hydrogens (tertiary/aromatic N) is 2. The van der Waals surface area contributed by atoms with Crippen molar-refractivity contribution in [3.63, 3.8) is 0 Å². The molecule has 0 atom stereocenters. The van der Waals surface area contributed by atoms with Crippen LogP contribution in [0, 0.1) is 0 Å². The molecule has 0 bridgehead atoms. The first kappa shape index (κ1) is 16.0. The normalized spacial score (nSPS) is 12.3. The summed E-state index contributed by atoms with van der Waals surface area (Å²) in [6, 6.07) is 16.7. The molecule has 0 saturated carbocycles. The average Bonchev–Trinajstić information content (AvgIpc) is 3.17. The zero-order valence-corrected chi connectivity index (χ0v) is 16.3. The number of benzene rings is 2. The summed E-state index contributed by atoms with van der Waals surface area (Å²) in [5, 5.41) is 4.41. The quantitative estimate of drug-likeness (QED) is 0.434. The molecule has 0 saturated heterocycles. The first-order valence-electron chi connectivity index (χ1n) is 8.65. The summed E-state index contributed by atoms with van der Waals surface area (Å²) >= 11 is 3.55. The zero-order chi connectivity index (χ0) is 17.8. The van der Waals surface area contributed by atoms with Crippen molar-refractivity contribution in [3.05, 3.63) is 58.9 Å². The number of para-hydroxylation sites is 1. The van der Waals surface area contributed by atoms with Crippen molar-refractivity contribution in [1.82, 2.24) is 9.47 Å². The molecule has 0 fully saturated rings. The van der Waals surface area contributed by atoms with Crippen LogP contribution in [0.15, 0.2) is 53.3 Å². The van der Waals surface area contributed by atoms with Crippen molar-refractivity contribution in [1.29, 1.82) is 0 Å². The third-order valence-electron chi connectivity index (χ3n) is 4.90. The minimum Gasteiger partial charge on any atom is -0.308 e. The monoisotopic (exact) mass is 378 g/mol. The molecular weight excluding hydrogens is 360 g/mol. The average molecular weight is 379 g/mol. The molecule has 130 valence electrons. The lowest BCUT2D eigenvalue weighted by molar-refractivity contribution is 0.384. The van der Waals surface area contributed by atoms with Crippen LogP contribution in [0.5, 0.6) is 0 Å². The number of pyridine rings is 1. The summed E-state index contributed by atoms with van der Waals surface area (Å²) in [4.78, 5) is 15.6. The van der Waals surface area contributed by atoms with Crippen LogP contribution in [-0.2, 0) is 6.54 Å². The topological polar surface area (TPSA) is 25.2 Å². The maximum atomic E-state index is 13.5. The molecule has 0 N–H and O–H groups in total. The molecule has 0 aliphatic carbocycles. The van der Waals surface area contributed by atoms with Crippen LogP contribution in [-0.4, -0.2) is 30.1 Å². The van der Waals surface area contributed by atoms with Crippen LogP contribution in [0.2, 0.25) is 0 Å². The Morgan fingerprint density at radius 2 is 1.65 bits per heavy atom. The van der Waals surface area contributed by atoms with Gasteiger partial charge in [0.2, 0.25) is 0 Å². The van der Waals surface area contributed by atoms with Crippen LogP contribution in [0.4, 0.5) is 0 Å². The summed E-state index contributed by atoms with van der Waals surface area (Å²) in [5.74, 6) is 0. The lowest BCUT2D eigenvalue weighted by Gasteiger charge is -2.14. The van der Waals surface area contributed by atoms with Crippen molar-refractivity contribution in [3.8, 4) is 0 Å². The second-order valence-electron chi connectivity index (χ2n) is 6.84. The van der Waals surface area contributed by atoms with Gasteiger partial charge in [0.05, 0.1) is 19.6 Å². The molecular formula is C21H18N2OS2. The van der Waals surface area contributed by atoms with Gasteiger partial charge in [0.15, 0.2) is 0 Å². The maximum absolute atomic E-state index is 13.5. The molecule has 3 aromatic heterocycles. The summed E-state index contributed by atoms with van der Waals surface area (Å²) in [6.07, 6.45) is 0. The van der Waals surface area contributed by atoms with E-state index in [0.717, 1.165) is 27.5 Å². The van der Waals surface area contributed by atoms with Crippen LogP contribution in [0.3, 0.4) is 0 Å². The molecule has 0 unspecified atom stereocenters. The number of rotatable bonds is 3. The Morgan fingerprint density at radius 3 is 2.46 bits per heavy atom. The van der Waals surface area contributed by atoms with E-state index in [2.05, 4.69) is 47.4 Å². The highest BCUT2D eigenvalue weighted by atomic mass is 32.2. The molecule has 2 aromatic carbocycles. The van der Waals surface area contributed by atoms with Gasteiger partial charge in [0, 0.05) is 33.9 Å². The van der Waals surface area contributed by atoms with Gasteiger partial charge in [-0.25, -0.2) is 0 Å². The smallest absolute Gasteiger partial charge is 0.260 e. The Labute approximate surface area is 158 Å². The minimum atomic E-state index is 0.135. The van der Waals surface area contributed by atoms with E-state index in [0.29, 0.717) is 6.54 Å². The molecule has 5 heteroatoms. The van der Waals surface area contributed by atoms with E-state index in [-0.39, 0.29) is 5.56 Å². The fraction of sp³-hybridized carbons (Fsp3) is 0.190. The summed E-state index contributed by atoms with van der Waals surface area (Å²) < 4.78 is 5.58. The van der Waals surface area contributed by atoms with Crippen LogP contribution >= 0.6 is 22.7 Å². The van der Waals surface area contributed by atoms with E-state index in [4.69, 9.17) is 0 Å². The highest BCUT2D eigenvalue weighted by molar-refractivity contribution is 7.44. The molecule has 3 heterocycles. The van der Waals surface area contributed by atoms with E-state index in [9.17, 15) is 4.79 Å². The third-order valence-corrected chi connectivity index (χ3v) is 7.39. The van der Waals surface area contributed by atoms with Gasteiger partial charge in [-0.3, -0.25) is 4.79 Å². The van der Waals surface area contributed by atoms with Gasteiger partial charge in [-0.15, -0.1) is 22.7 Å². The second-order valence-corrected chi connectivity index (χ2v) is 9.18.